The Labute approximate surface area is 280 Å². The molecule has 0 aliphatic carbocycles. The second kappa shape index (κ2) is 9.96. The Morgan fingerprint density at radius 2 is 1.04 bits per heavy atom. The maximum absolute atomic E-state index is 6.72. The zero-order valence-electron chi connectivity index (χ0n) is 26.4. The molecule has 0 bridgehead atoms. The van der Waals surface area contributed by atoms with E-state index >= 15 is 0 Å². The third kappa shape index (κ3) is 3.67. The van der Waals surface area contributed by atoms with Crippen molar-refractivity contribution >= 4 is 76.3 Å². The minimum Gasteiger partial charge on any atom is -0.464 e. The van der Waals surface area contributed by atoms with Crippen molar-refractivity contribution in [3.05, 3.63) is 164 Å². The number of rotatable bonds is 3. The van der Waals surface area contributed by atoms with Gasteiger partial charge in [0.25, 0.3) is 0 Å². The summed E-state index contributed by atoms with van der Waals surface area (Å²) in [5.41, 5.74) is 10.9. The van der Waals surface area contributed by atoms with Crippen LogP contribution in [-0.2, 0) is 0 Å². The molecule has 0 saturated heterocycles. The molecule has 0 atom stereocenters. The van der Waals surface area contributed by atoms with Crippen molar-refractivity contribution in [2.75, 3.05) is 0 Å². The molecule has 49 heavy (non-hydrogen) atoms. The van der Waals surface area contributed by atoms with E-state index in [0.717, 1.165) is 44.2 Å². The Morgan fingerprint density at radius 3 is 1.82 bits per heavy atom. The van der Waals surface area contributed by atoms with Crippen LogP contribution >= 0.6 is 0 Å². The molecule has 0 unspecified atom stereocenters. The molecule has 3 nitrogen and oxygen atoms in total. The number of hydrogen-bond donors (Lipinski definition) is 0. The Bertz CT molecular complexity index is 3050. The maximum atomic E-state index is 6.72. The van der Waals surface area contributed by atoms with Gasteiger partial charge in [0.15, 0.2) is 0 Å². The quantitative estimate of drug-likeness (QED) is 0.183. The third-order valence-corrected chi connectivity index (χ3v) is 10.3. The summed E-state index contributed by atoms with van der Waals surface area (Å²) >= 11 is 0. The number of aromatic nitrogens is 1. The van der Waals surface area contributed by atoms with Crippen molar-refractivity contribution < 1.29 is 8.83 Å². The number of benzene rings is 8. The predicted octanol–water partition coefficient (Wildman–Crippen LogP) is 13.1. The fourth-order valence-electron chi connectivity index (χ4n) is 8.25. The lowest BCUT2D eigenvalue weighted by atomic mass is 9.85. The van der Waals surface area contributed by atoms with Gasteiger partial charge in [-0.05, 0) is 75.1 Å². The standard InChI is InChI=1S/C46H27NO2/c1-2-11-29(12-3-1)47-39-20-9-8-13-30(39)31-22-21-28(27-40(31)47)43-32-14-4-6-16-34(32)44(35-17-7-5-15-33(35)43)37-18-10-19-38-45-36-25-26-48-41(36)23-24-42(45)49-46(37)38/h1-27H. The van der Waals surface area contributed by atoms with Crippen LogP contribution in [-0.4, -0.2) is 4.57 Å². The number of fused-ring (bicyclic) bond motifs is 10. The highest BCUT2D eigenvalue weighted by atomic mass is 16.3. The monoisotopic (exact) mass is 625 g/mol. The van der Waals surface area contributed by atoms with Gasteiger partial charge in [0.2, 0.25) is 0 Å². The predicted molar refractivity (Wildman–Crippen MR) is 204 cm³/mol. The van der Waals surface area contributed by atoms with Crippen LogP contribution in [0.1, 0.15) is 0 Å². The lowest BCUT2D eigenvalue weighted by Gasteiger charge is -2.18. The largest absolute Gasteiger partial charge is 0.464 e. The number of nitrogens with zero attached hydrogens (tertiary/aromatic N) is 1. The molecule has 3 heterocycles. The van der Waals surface area contributed by atoms with Crippen LogP contribution in [0.4, 0.5) is 0 Å². The van der Waals surface area contributed by atoms with Crippen molar-refractivity contribution in [1.29, 1.82) is 0 Å². The van der Waals surface area contributed by atoms with E-state index in [9.17, 15) is 0 Å². The molecular weight excluding hydrogens is 599 g/mol. The van der Waals surface area contributed by atoms with E-state index in [4.69, 9.17) is 8.83 Å². The molecule has 11 rings (SSSR count). The molecule has 228 valence electrons. The van der Waals surface area contributed by atoms with Gasteiger partial charge in [0, 0.05) is 43.7 Å². The van der Waals surface area contributed by atoms with Crippen molar-refractivity contribution in [1.82, 2.24) is 4.57 Å². The van der Waals surface area contributed by atoms with E-state index in [-0.39, 0.29) is 0 Å². The molecule has 11 aromatic rings. The average Bonchev–Trinajstić information content (AvgIpc) is 3.88. The van der Waals surface area contributed by atoms with Gasteiger partial charge in [-0.3, -0.25) is 0 Å². The molecule has 0 saturated carbocycles. The summed E-state index contributed by atoms with van der Waals surface area (Å²) in [6.07, 6.45) is 1.75. The summed E-state index contributed by atoms with van der Waals surface area (Å²) in [5.74, 6) is 0. The second-order valence-electron chi connectivity index (χ2n) is 12.8. The summed E-state index contributed by atoms with van der Waals surface area (Å²) in [4.78, 5) is 0. The molecule has 0 amide bonds. The first kappa shape index (κ1) is 26.5. The Morgan fingerprint density at radius 1 is 0.408 bits per heavy atom. The minimum atomic E-state index is 0.865. The zero-order valence-corrected chi connectivity index (χ0v) is 26.4. The highest BCUT2D eigenvalue weighted by Crippen LogP contribution is 2.48. The molecule has 0 radical (unpaired) electrons. The van der Waals surface area contributed by atoms with Gasteiger partial charge in [0.1, 0.15) is 16.7 Å². The molecule has 0 spiro atoms. The van der Waals surface area contributed by atoms with Crippen molar-refractivity contribution in [3.8, 4) is 27.9 Å². The van der Waals surface area contributed by atoms with Gasteiger partial charge in [-0.2, -0.15) is 0 Å². The average molecular weight is 626 g/mol. The van der Waals surface area contributed by atoms with Gasteiger partial charge in [-0.25, -0.2) is 0 Å². The van der Waals surface area contributed by atoms with Gasteiger partial charge >= 0.3 is 0 Å². The molecule has 0 aliphatic heterocycles. The molecular formula is C46H27NO2. The minimum absolute atomic E-state index is 0.865. The Balaban J connectivity index is 1.24. The topological polar surface area (TPSA) is 31.2 Å². The van der Waals surface area contributed by atoms with Gasteiger partial charge < -0.3 is 13.4 Å². The molecule has 0 aliphatic rings. The number of furan rings is 2. The lowest BCUT2D eigenvalue weighted by Crippen LogP contribution is -1.94. The first-order valence-corrected chi connectivity index (χ1v) is 16.7. The van der Waals surface area contributed by atoms with Crippen LogP contribution < -0.4 is 0 Å². The summed E-state index contributed by atoms with van der Waals surface area (Å²) < 4.78 is 14.9. The van der Waals surface area contributed by atoms with Crippen molar-refractivity contribution in [3.63, 3.8) is 0 Å². The SMILES string of the molecule is c1ccc(-n2c3ccccc3c3ccc(-c4c5ccccc5c(-c5cccc6c5oc5ccc7occc7c56)c5ccccc45)cc32)cc1. The highest BCUT2D eigenvalue weighted by Gasteiger charge is 2.22. The van der Waals surface area contributed by atoms with E-state index in [1.807, 2.05) is 18.2 Å². The van der Waals surface area contributed by atoms with Crippen molar-refractivity contribution in [2.45, 2.75) is 0 Å². The molecule has 3 heteroatoms. The molecule has 3 aromatic heterocycles. The molecule has 0 fully saturated rings. The summed E-state index contributed by atoms with van der Waals surface area (Å²) in [6.45, 7) is 0. The summed E-state index contributed by atoms with van der Waals surface area (Å²) in [6, 6.07) is 56.6. The van der Waals surface area contributed by atoms with Crippen LogP contribution in [0, 0.1) is 0 Å². The molecule has 8 aromatic carbocycles. The lowest BCUT2D eigenvalue weighted by molar-refractivity contribution is 0.615. The second-order valence-corrected chi connectivity index (χ2v) is 12.8. The van der Waals surface area contributed by atoms with E-state index in [0.29, 0.717) is 0 Å². The third-order valence-electron chi connectivity index (χ3n) is 10.3. The van der Waals surface area contributed by atoms with E-state index in [1.54, 1.807) is 6.26 Å². The zero-order chi connectivity index (χ0) is 32.1. The number of para-hydroxylation sites is 3. The van der Waals surface area contributed by atoms with Gasteiger partial charge in [-0.15, -0.1) is 0 Å². The first-order chi connectivity index (χ1) is 24.3. The normalized spacial score (nSPS) is 12.1. The molecule has 0 N–H and O–H groups in total. The maximum Gasteiger partial charge on any atom is 0.143 e. The van der Waals surface area contributed by atoms with E-state index in [1.165, 1.54) is 60.0 Å². The van der Waals surface area contributed by atoms with E-state index < -0.39 is 0 Å². The summed E-state index contributed by atoms with van der Waals surface area (Å²) in [7, 11) is 0. The van der Waals surface area contributed by atoms with Crippen molar-refractivity contribution in [2.24, 2.45) is 0 Å². The Kier molecular flexibility index (Phi) is 5.38. The fourth-order valence-corrected chi connectivity index (χ4v) is 8.25. The summed E-state index contributed by atoms with van der Waals surface area (Å²) in [5, 5.41) is 10.6. The van der Waals surface area contributed by atoms with Gasteiger partial charge in [0.05, 0.1) is 17.3 Å². The van der Waals surface area contributed by atoms with Crippen LogP contribution in [0.5, 0.6) is 0 Å². The van der Waals surface area contributed by atoms with Crippen LogP contribution in [0.2, 0.25) is 0 Å². The first-order valence-electron chi connectivity index (χ1n) is 16.7. The highest BCUT2D eigenvalue weighted by molar-refractivity contribution is 6.26. The number of hydrogen-bond acceptors (Lipinski definition) is 2. The smallest absolute Gasteiger partial charge is 0.143 e. The van der Waals surface area contributed by atoms with E-state index in [2.05, 4.69) is 144 Å². The van der Waals surface area contributed by atoms with Crippen LogP contribution in [0.15, 0.2) is 173 Å². The Hall–Kier alpha value is -6.58. The fraction of sp³-hybridized carbons (Fsp3) is 0. The van der Waals surface area contributed by atoms with Gasteiger partial charge in [-0.1, -0.05) is 115 Å². The van der Waals surface area contributed by atoms with Crippen LogP contribution in [0.3, 0.4) is 0 Å². The van der Waals surface area contributed by atoms with Crippen LogP contribution in [0.25, 0.3) is 104 Å².